The molecule has 1 unspecified atom stereocenters. The summed E-state index contributed by atoms with van der Waals surface area (Å²) in [5.74, 6) is 0.305. The highest BCUT2D eigenvalue weighted by molar-refractivity contribution is 5.73. The molecule has 1 aromatic heterocycles. The number of rotatable bonds is 4. The molecule has 0 spiro atoms. The summed E-state index contributed by atoms with van der Waals surface area (Å²) in [5, 5.41) is 0. The molecule has 1 aromatic rings. The van der Waals surface area contributed by atoms with Crippen molar-refractivity contribution >= 4 is 5.91 Å². The van der Waals surface area contributed by atoms with Crippen LogP contribution in [0.3, 0.4) is 0 Å². The topological polar surface area (TPSA) is 59.2 Å². The van der Waals surface area contributed by atoms with Gasteiger partial charge in [0.05, 0.1) is 0 Å². The fourth-order valence-electron chi connectivity index (χ4n) is 2.80. The van der Waals surface area contributed by atoms with Crippen LogP contribution >= 0.6 is 0 Å². The van der Waals surface area contributed by atoms with E-state index < -0.39 is 0 Å². The van der Waals surface area contributed by atoms with Crippen LogP contribution < -0.4 is 5.73 Å². The van der Waals surface area contributed by atoms with Gasteiger partial charge in [-0.05, 0) is 56.8 Å². The molecule has 4 nitrogen and oxygen atoms in total. The van der Waals surface area contributed by atoms with Crippen LogP contribution in [0.2, 0.25) is 0 Å². The zero-order valence-corrected chi connectivity index (χ0v) is 11.6. The van der Waals surface area contributed by atoms with Gasteiger partial charge >= 0.3 is 0 Å². The van der Waals surface area contributed by atoms with E-state index in [9.17, 15) is 4.79 Å². The Morgan fingerprint density at radius 2 is 2.32 bits per heavy atom. The Hall–Kier alpha value is -1.42. The number of nitrogens with zero attached hydrogens (tertiary/aromatic N) is 2. The average molecular weight is 261 g/mol. The van der Waals surface area contributed by atoms with Crippen LogP contribution in [0.15, 0.2) is 18.3 Å². The minimum Gasteiger partial charge on any atom is -0.370 e. The van der Waals surface area contributed by atoms with Crippen LogP contribution in [0.25, 0.3) is 0 Å². The van der Waals surface area contributed by atoms with E-state index >= 15 is 0 Å². The largest absolute Gasteiger partial charge is 0.370 e. The van der Waals surface area contributed by atoms with Crippen molar-refractivity contribution in [3.8, 4) is 0 Å². The zero-order valence-electron chi connectivity index (χ0n) is 11.6. The number of pyridine rings is 1. The van der Waals surface area contributed by atoms with Gasteiger partial charge < -0.3 is 5.73 Å². The summed E-state index contributed by atoms with van der Waals surface area (Å²) in [4.78, 5) is 17.8. The van der Waals surface area contributed by atoms with Crippen LogP contribution in [0.1, 0.15) is 36.9 Å². The number of nitrogens with two attached hydrogens (primary N) is 1. The first-order valence-electron chi connectivity index (χ1n) is 7.06. The highest BCUT2D eigenvalue weighted by atomic mass is 16.1. The second-order valence-electron chi connectivity index (χ2n) is 5.49. The van der Waals surface area contributed by atoms with E-state index in [0.29, 0.717) is 12.3 Å². The predicted octanol–water partition coefficient (Wildman–Crippen LogP) is 1.87. The number of hydrogen-bond acceptors (Lipinski definition) is 3. The fraction of sp³-hybridized carbons (Fsp3) is 0.600. The van der Waals surface area contributed by atoms with Gasteiger partial charge in [-0.3, -0.25) is 14.7 Å². The van der Waals surface area contributed by atoms with Gasteiger partial charge in [-0.25, -0.2) is 0 Å². The number of aromatic nitrogens is 1. The Kier molecular flexibility index (Phi) is 4.91. The summed E-state index contributed by atoms with van der Waals surface area (Å²) in [7, 11) is 0. The maximum Gasteiger partial charge on any atom is 0.217 e. The maximum atomic E-state index is 11.0. The highest BCUT2D eigenvalue weighted by Gasteiger charge is 2.19. The van der Waals surface area contributed by atoms with Crippen molar-refractivity contribution in [2.75, 3.05) is 13.1 Å². The summed E-state index contributed by atoms with van der Waals surface area (Å²) >= 11 is 0. The zero-order chi connectivity index (χ0) is 13.7. The molecule has 104 valence electrons. The molecule has 0 radical (unpaired) electrons. The summed E-state index contributed by atoms with van der Waals surface area (Å²) in [5.41, 5.74) is 7.70. The molecular weight excluding hydrogens is 238 g/mol. The molecule has 1 aliphatic heterocycles. The van der Waals surface area contributed by atoms with Crippen LogP contribution in [0.5, 0.6) is 0 Å². The molecule has 0 saturated carbocycles. The minimum atomic E-state index is -0.165. The molecule has 1 amide bonds. The number of likely N-dealkylation sites (tertiary alicyclic amines) is 1. The van der Waals surface area contributed by atoms with E-state index in [4.69, 9.17) is 5.73 Å². The molecule has 0 aliphatic carbocycles. The number of carbonyl (C=O) groups is 1. The lowest BCUT2D eigenvalue weighted by Gasteiger charge is -2.20. The molecule has 0 aromatic carbocycles. The molecule has 0 bridgehead atoms. The Bertz CT molecular complexity index is 433. The standard InChI is InChI=1S/C15H23N3O/c1-12-14(5-2-7-17-12)11-18-8-3-4-13(6-9-18)10-15(16)19/h2,5,7,13H,3-4,6,8-11H2,1H3,(H2,16,19). The molecule has 19 heavy (non-hydrogen) atoms. The fourth-order valence-corrected chi connectivity index (χ4v) is 2.80. The van der Waals surface area contributed by atoms with Gasteiger partial charge in [-0.1, -0.05) is 6.07 Å². The van der Waals surface area contributed by atoms with Crippen LogP contribution in [0, 0.1) is 12.8 Å². The lowest BCUT2D eigenvalue weighted by Crippen LogP contribution is -2.25. The van der Waals surface area contributed by atoms with E-state index in [-0.39, 0.29) is 5.91 Å². The average Bonchev–Trinajstić information content (AvgIpc) is 2.57. The first-order chi connectivity index (χ1) is 9.15. The summed E-state index contributed by atoms with van der Waals surface area (Å²) in [6, 6.07) is 4.14. The second kappa shape index (κ2) is 6.66. The quantitative estimate of drug-likeness (QED) is 0.900. The Labute approximate surface area is 115 Å². The van der Waals surface area contributed by atoms with Crippen LogP contribution in [0.4, 0.5) is 0 Å². The van der Waals surface area contributed by atoms with Crippen LogP contribution in [-0.2, 0) is 11.3 Å². The van der Waals surface area contributed by atoms with Gasteiger partial charge in [0.2, 0.25) is 5.91 Å². The first-order valence-corrected chi connectivity index (χ1v) is 7.06. The Morgan fingerprint density at radius 3 is 3.05 bits per heavy atom. The molecule has 4 heteroatoms. The molecule has 1 saturated heterocycles. The summed E-state index contributed by atoms with van der Waals surface area (Å²) < 4.78 is 0. The Balaban J connectivity index is 1.89. The maximum absolute atomic E-state index is 11.0. The summed E-state index contributed by atoms with van der Waals surface area (Å²) in [6.07, 6.45) is 5.72. The van der Waals surface area contributed by atoms with Crippen molar-refractivity contribution in [2.45, 2.75) is 39.2 Å². The van der Waals surface area contributed by atoms with E-state index in [1.807, 2.05) is 12.3 Å². The van der Waals surface area contributed by atoms with Gasteiger partial charge in [0.1, 0.15) is 0 Å². The van der Waals surface area contributed by atoms with Gasteiger partial charge in [0, 0.05) is 24.9 Å². The molecule has 2 heterocycles. The third-order valence-electron chi connectivity index (χ3n) is 3.94. The molecule has 1 atom stereocenters. The summed E-state index contributed by atoms with van der Waals surface area (Å²) in [6.45, 7) is 5.17. The van der Waals surface area contributed by atoms with Gasteiger partial charge in [0.25, 0.3) is 0 Å². The van der Waals surface area contributed by atoms with Crippen molar-refractivity contribution in [2.24, 2.45) is 11.7 Å². The molecule has 2 rings (SSSR count). The normalized spacial score (nSPS) is 21.0. The number of amides is 1. The number of carbonyl (C=O) groups excluding carboxylic acids is 1. The highest BCUT2D eigenvalue weighted by Crippen LogP contribution is 2.21. The first kappa shape index (κ1) is 14.0. The van der Waals surface area contributed by atoms with E-state index in [2.05, 4.69) is 22.9 Å². The van der Waals surface area contributed by atoms with E-state index in [1.54, 1.807) is 0 Å². The van der Waals surface area contributed by atoms with Gasteiger partial charge in [-0.2, -0.15) is 0 Å². The van der Waals surface area contributed by atoms with Gasteiger partial charge in [0.15, 0.2) is 0 Å². The molecule has 1 aliphatic rings. The van der Waals surface area contributed by atoms with Crippen molar-refractivity contribution in [1.82, 2.24) is 9.88 Å². The van der Waals surface area contributed by atoms with Crippen molar-refractivity contribution < 1.29 is 4.79 Å². The minimum absolute atomic E-state index is 0.165. The second-order valence-corrected chi connectivity index (χ2v) is 5.49. The third kappa shape index (κ3) is 4.31. The van der Waals surface area contributed by atoms with Crippen molar-refractivity contribution in [1.29, 1.82) is 0 Å². The molecule has 2 N–H and O–H groups in total. The smallest absolute Gasteiger partial charge is 0.217 e. The SMILES string of the molecule is Cc1ncccc1CN1CCCC(CC(N)=O)CC1. The number of primary amides is 1. The lowest BCUT2D eigenvalue weighted by molar-refractivity contribution is -0.119. The van der Waals surface area contributed by atoms with E-state index in [1.165, 1.54) is 5.56 Å². The van der Waals surface area contributed by atoms with Crippen LogP contribution in [-0.4, -0.2) is 28.9 Å². The molecule has 1 fully saturated rings. The molecular formula is C15H23N3O. The number of hydrogen-bond donors (Lipinski definition) is 1. The lowest BCUT2D eigenvalue weighted by atomic mass is 9.97. The predicted molar refractivity (Wildman–Crippen MR) is 75.4 cm³/mol. The van der Waals surface area contributed by atoms with Crippen molar-refractivity contribution in [3.05, 3.63) is 29.6 Å². The van der Waals surface area contributed by atoms with Crippen molar-refractivity contribution in [3.63, 3.8) is 0 Å². The third-order valence-corrected chi connectivity index (χ3v) is 3.94. The van der Waals surface area contributed by atoms with E-state index in [0.717, 1.165) is 44.6 Å². The monoisotopic (exact) mass is 261 g/mol. The Morgan fingerprint density at radius 1 is 1.47 bits per heavy atom. The number of aryl methyl sites for hydroxylation is 1. The van der Waals surface area contributed by atoms with Gasteiger partial charge in [-0.15, -0.1) is 0 Å².